The number of nitro groups is 1. The highest BCUT2D eigenvalue weighted by Gasteiger charge is 2.31. The third-order valence-electron chi connectivity index (χ3n) is 2.83. The Bertz CT molecular complexity index is 535. The molecular formula is C11H10BrClN2O3. The molecule has 96 valence electrons. The molecule has 1 aromatic carbocycles. The molecular weight excluding hydrogens is 323 g/mol. The minimum Gasteiger partial charge on any atom is -0.309 e. The van der Waals surface area contributed by atoms with Gasteiger partial charge in [-0.15, -0.1) is 11.6 Å². The van der Waals surface area contributed by atoms with Gasteiger partial charge in [-0.25, -0.2) is 0 Å². The van der Waals surface area contributed by atoms with Crippen molar-refractivity contribution < 1.29 is 9.72 Å². The monoisotopic (exact) mass is 332 g/mol. The summed E-state index contributed by atoms with van der Waals surface area (Å²) in [6.07, 6.45) is 0.260. The summed E-state index contributed by atoms with van der Waals surface area (Å²) in [5, 5.41) is 10.7. The van der Waals surface area contributed by atoms with Crippen molar-refractivity contribution in [3.63, 3.8) is 0 Å². The van der Waals surface area contributed by atoms with Gasteiger partial charge in [-0.2, -0.15) is 0 Å². The van der Waals surface area contributed by atoms with Gasteiger partial charge in [0.15, 0.2) is 0 Å². The van der Waals surface area contributed by atoms with E-state index in [2.05, 4.69) is 15.9 Å². The van der Waals surface area contributed by atoms with Gasteiger partial charge < -0.3 is 4.90 Å². The number of anilines is 1. The van der Waals surface area contributed by atoms with E-state index in [0.29, 0.717) is 22.3 Å². The number of rotatable bonds is 2. The van der Waals surface area contributed by atoms with E-state index in [9.17, 15) is 14.9 Å². The molecule has 1 aliphatic rings. The Labute approximate surface area is 117 Å². The van der Waals surface area contributed by atoms with Gasteiger partial charge in [0.2, 0.25) is 5.91 Å². The summed E-state index contributed by atoms with van der Waals surface area (Å²) in [5.41, 5.74) is 1.05. The standard InChI is InChI=1S/C11H10BrClN2O3/c1-6-2-8(12)10(4-9(6)15(17)18)14-5-7(13)3-11(14)16/h2,4,7H,3,5H2,1H3. The highest BCUT2D eigenvalue weighted by Crippen LogP contribution is 2.35. The minimum atomic E-state index is -0.454. The summed E-state index contributed by atoms with van der Waals surface area (Å²) >= 11 is 9.25. The number of nitrogens with zero attached hydrogens (tertiary/aromatic N) is 2. The van der Waals surface area contributed by atoms with Crippen molar-refractivity contribution in [1.29, 1.82) is 0 Å². The van der Waals surface area contributed by atoms with Crippen LogP contribution in [0.5, 0.6) is 0 Å². The molecule has 2 rings (SSSR count). The average molecular weight is 334 g/mol. The Morgan fingerprint density at radius 1 is 1.56 bits per heavy atom. The zero-order chi connectivity index (χ0) is 13.4. The second-order valence-corrected chi connectivity index (χ2v) is 5.62. The summed E-state index contributed by atoms with van der Waals surface area (Å²) < 4.78 is 0.657. The second kappa shape index (κ2) is 4.85. The van der Waals surface area contributed by atoms with Crippen molar-refractivity contribution in [2.45, 2.75) is 18.7 Å². The molecule has 1 amide bonds. The van der Waals surface area contributed by atoms with Gasteiger partial charge in [0.1, 0.15) is 0 Å². The first kappa shape index (κ1) is 13.3. The fourth-order valence-electron chi connectivity index (χ4n) is 1.95. The number of amides is 1. The zero-order valence-corrected chi connectivity index (χ0v) is 11.9. The number of hydrogen-bond donors (Lipinski definition) is 0. The van der Waals surface area contributed by atoms with E-state index < -0.39 is 4.92 Å². The van der Waals surface area contributed by atoms with Crippen molar-refractivity contribution in [2.24, 2.45) is 0 Å². The summed E-state index contributed by atoms with van der Waals surface area (Å²) in [5.74, 6) is -0.117. The Morgan fingerprint density at radius 3 is 2.72 bits per heavy atom. The van der Waals surface area contributed by atoms with Crippen LogP contribution in [0.2, 0.25) is 0 Å². The first-order chi connectivity index (χ1) is 8.40. The molecule has 1 fully saturated rings. The molecule has 18 heavy (non-hydrogen) atoms. The maximum absolute atomic E-state index is 11.8. The van der Waals surface area contributed by atoms with E-state index in [4.69, 9.17) is 11.6 Å². The number of nitro benzene ring substituents is 1. The Morgan fingerprint density at radius 2 is 2.22 bits per heavy atom. The molecule has 0 bridgehead atoms. The molecule has 1 saturated heterocycles. The average Bonchev–Trinajstić information content (AvgIpc) is 2.57. The lowest BCUT2D eigenvalue weighted by Crippen LogP contribution is -2.25. The number of carbonyl (C=O) groups excluding carboxylic acids is 1. The first-order valence-electron chi connectivity index (χ1n) is 5.29. The van der Waals surface area contributed by atoms with Crippen LogP contribution in [-0.4, -0.2) is 22.8 Å². The van der Waals surface area contributed by atoms with Crippen molar-refractivity contribution in [1.82, 2.24) is 0 Å². The smallest absolute Gasteiger partial charge is 0.274 e. The van der Waals surface area contributed by atoms with Crippen molar-refractivity contribution in [3.8, 4) is 0 Å². The maximum Gasteiger partial charge on any atom is 0.274 e. The Balaban J connectivity index is 2.48. The topological polar surface area (TPSA) is 63.5 Å². The molecule has 0 aromatic heterocycles. The molecule has 1 aromatic rings. The van der Waals surface area contributed by atoms with E-state index in [-0.39, 0.29) is 23.4 Å². The van der Waals surface area contributed by atoms with Crippen LogP contribution in [0.4, 0.5) is 11.4 Å². The van der Waals surface area contributed by atoms with E-state index in [1.165, 1.54) is 11.0 Å². The lowest BCUT2D eigenvalue weighted by molar-refractivity contribution is -0.385. The summed E-state index contributed by atoms with van der Waals surface area (Å²) in [6.45, 7) is 2.03. The van der Waals surface area contributed by atoms with Gasteiger partial charge in [0.05, 0.1) is 16.0 Å². The van der Waals surface area contributed by atoms with Gasteiger partial charge in [0, 0.05) is 29.1 Å². The number of benzene rings is 1. The highest BCUT2D eigenvalue weighted by atomic mass is 79.9. The predicted octanol–water partition coefficient (Wildman–Crippen LogP) is 3.01. The molecule has 1 heterocycles. The van der Waals surface area contributed by atoms with Crippen LogP contribution in [-0.2, 0) is 4.79 Å². The maximum atomic E-state index is 11.8. The molecule has 0 aliphatic carbocycles. The van der Waals surface area contributed by atoms with Gasteiger partial charge >= 0.3 is 0 Å². The van der Waals surface area contributed by atoms with E-state index in [1.54, 1.807) is 13.0 Å². The molecule has 7 heteroatoms. The molecule has 0 N–H and O–H groups in total. The highest BCUT2D eigenvalue weighted by molar-refractivity contribution is 9.10. The Hall–Kier alpha value is -1.14. The van der Waals surface area contributed by atoms with Crippen LogP contribution in [0, 0.1) is 17.0 Å². The van der Waals surface area contributed by atoms with Gasteiger partial charge in [-0.1, -0.05) is 0 Å². The second-order valence-electron chi connectivity index (χ2n) is 4.15. The molecule has 0 spiro atoms. The number of carbonyl (C=O) groups is 1. The molecule has 5 nitrogen and oxygen atoms in total. The summed E-state index contributed by atoms with van der Waals surface area (Å²) in [7, 11) is 0. The van der Waals surface area contributed by atoms with Crippen LogP contribution >= 0.6 is 27.5 Å². The first-order valence-corrected chi connectivity index (χ1v) is 6.52. The third kappa shape index (κ3) is 2.35. The third-order valence-corrected chi connectivity index (χ3v) is 3.76. The Kier molecular flexibility index (Phi) is 3.59. The molecule has 1 aliphatic heterocycles. The van der Waals surface area contributed by atoms with Crippen LogP contribution in [0.15, 0.2) is 16.6 Å². The van der Waals surface area contributed by atoms with E-state index in [1.807, 2.05) is 0 Å². The zero-order valence-electron chi connectivity index (χ0n) is 9.52. The number of hydrogen-bond acceptors (Lipinski definition) is 3. The number of aryl methyl sites for hydroxylation is 1. The SMILES string of the molecule is Cc1cc(Br)c(N2CC(Cl)CC2=O)cc1[N+](=O)[O-]. The quantitative estimate of drug-likeness (QED) is 0.475. The normalized spacial score (nSPS) is 19.4. The minimum absolute atomic E-state index is 0.000905. The van der Waals surface area contributed by atoms with Crippen LogP contribution in [0.3, 0.4) is 0 Å². The summed E-state index contributed by atoms with van der Waals surface area (Å²) in [4.78, 5) is 23.7. The van der Waals surface area contributed by atoms with Crippen molar-refractivity contribution in [2.75, 3.05) is 11.4 Å². The van der Waals surface area contributed by atoms with Gasteiger partial charge in [0.25, 0.3) is 5.69 Å². The number of halogens is 2. The molecule has 0 radical (unpaired) electrons. The lowest BCUT2D eigenvalue weighted by Gasteiger charge is -2.18. The van der Waals surface area contributed by atoms with Gasteiger partial charge in [-0.05, 0) is 28.9 Å². The van der Waals surface area contributed by atoms with E-state index >= 15 is 0 Å². The van der Waals surface area contributed by atoms with Crippen molar-refractivity contribution >= 4 is 44.8 Å². The van der Waals surface area contributed by atoms with Crippen LogP contribution < -0.4 is 4.90 Å². The fourth-order valence-corrected chi connectivity index (χ4v) is 2.89. The van der Waals surface area contributed by atoms with E-state index in [0.717, 1.165) is 0 Å². The fraction of sp³-hybridized carbons (Fsp3) is 0.364. The van der Waals surface area contributed by atoms with Crippen molar-refractivity contribution in [3.05, 3.63) is 32.3 Å². The predicted molar refractivity (Wildman–Crippen MR) is 72.1 cm³/mol. The molecule has 1 atom stereocenters. The van der Waals surface area contributed by atoms with Gasteiger partial charge in [-0.3, -0.25) is 14.9 Å². The van der Waals surface area contributed by atoms with Crippen LogP contribution in [0.1, 0.15) is 12.0 Å². The molecule has 0 saturated carbocycles. The van der Waals surface area contributed by atoms with Crippen LogP contribution in [0.25, 0.3) is 0 Å². The largest absolute Gasteiger partial charge is 0.309 e. The lowest BCUT2D eigenvalue weighted by atomic mass is 10.1. The summed E-state index contributed by atoms with van der Waals surface area (Å²) in [6, 6.07) is 3.05. The molecule has 1 unspecified atom stereocenters. The number of alkyl halides is 1.